The van der Waals surface area contributed by atoms with E-state index in [0.29, 0.717) is 24.8 Å². The first-order valence-corrected chi connectivity index (χ1v) is 10.3. The fraction of sp³-hybridized carbons (Fsp3) is 0.455. The molecule has 0 unspecified atom stereocenters. The van der Waals surface area contributed by atoms with E-state index < -0.39 is 0 Å². The van der Waals surface area contributed by atoms with Crippen LogP contribution in [-0.4, -0.2) is 42.1 Å². The van der Waals surface area contributed by atoms with E-state index in [2.05, 4.69) is 10.6 Å². The highest BCUT2D eigenvalue weighted by molar-refractivity contribution is 5.94. The van der Waals surface area contributed by atoms with Crippen molar-refractivity contribution in [3.05, 3.63) is 48.4 Å². The number of hydrogen-bond donors (Lipinski definition) is 2. The number of furan rings is 1. The third-order valence-electron chi connectivity index (χ3n) is 5.60. The topological polar surface area (TPSA) is 83.8 Å². The second kappa shape index (κ2) is 9.03. The number of nitrogens with zero attached hydrogens (tertiary/aromatic N) is 1. The van der Waals surface area contributed by atoms with E-state index in [0.717, 1.165) is 37.1 Å². The molecule has 0 atom stereocenters. The average molecular weight is 397 g/mol. The summed E-state index contributed by atoms with van der Waals surface area (Å²) in [7, 11) is 0. The SMILES string of the molecule is O=C(Nc1ccc(OC2CCCC2)cc1)NC1CCN(C(=O)c2ccoc2)CC1. The normalized spacial score (nSPS) is 17.9. The zero-order chi connectivity index (χ0) is 20.1. The third-order valence-corrected chi connectivity index (χ3v) is 5.60. The number of hydrogen-bond acceptors (Lipinski definition) is 4. The molecule has 3 amide bonds. The number of amides is 3. The van der Waals surface area contributed by atoms with Crippen LogP contribution >= 0.6 is 0 Å². The number of anilines is 1. The predicted molar refractivity (Wildman–Crippen MR) is 109 cm³/mol. The summed E-state index contributed by atoms with van der Waals surface area (Å²) in [4.78, 5) is 26.4. The van der Waals surface area contributed by atoms with Gasteiger partial charge in [0.1, 0.15) is 12.0 Å². The molecule has 154 valence electrons. The summed E-state index contributed by atoms with van der Waals surface area (Å²) in [6.07, 6.45) is 9.45. The molecule has 7 heteroatoms. The van der Waals surface area contributed by atoms with Crippen molar-refractivity contribution in [2.45, 2.75) is 50.7 Å². The second-order valence-electron chi connectivity index (χ2n) is 7.73. The maximum Gasteiger partial charge on any atom is 0.319 e. The van der Waals surface area contributed by atoms with Crippen molar-refractivity contribution in [1.29, 1.82) is 0 Å². The summed E-state index contributed by atoms with van der Waals surface area (Å²) in [5, 5.41) is 5.87. The number of rotatable bonds is 5. The largest absolute Gasteiger partial charge is 0.490 e. The summed E-state index contributed by atoms with van der Waals surface area (Å²) in [5.74, 6) is 0.819. The Bertz CT molecular complexity index is 805. The maximum absolute atomic E-state index is 12.3. The quantitative estimate of drug-likeness (QED) is 0.798. The predicted octanol–water partition coefficient (Wildman–Crippen LogP) is 4.03. The van der Waals surface area contributed by atoms with Crippen molar-refractivity contribution in [3.63, 3.8) is 0 Å². The van der Waals surface area contributed by atoms with E-state index in [1.165, 1.54) is 25.4 Å². The van der Waals surface area contributed by atoms with Crippen LogP contribution in [0.3, 0.4) is 0 Å². The molecule has 0 bridgehead atoms. The first-order chi connectivity index (χ1) is 14.2. The average Bonchev–Trinajstić information content (AvgIpc) is 3.44. The second-order valence-corrected chi connectivity index (χ2v) is 7.73. The van der Waals surface area contributed by atoms with Gasteiger partial charge in [0.2, 0.25) is 0 Å². The Labute approximate surface area is 170 Å². The van der Waals surface area contributed by atoms with Gasteiger partial charge < -0.3 is 24.7 Å². The van der Waals surface area contributed by atoms with E-state index in [1.807, 2.05) is 24.3 Å². The van der Waals surface area contributed by atoms with Crippen molar-refractivity contribution in [1.82, 2.24) is 10.2 Å². The first-order valence-electron chi connectivity index (χ1n) is 10.3. The van der Waals surface area contributed by atoms with Gasteiger partial charge in [0, 0.05) is 24.8 Å². The lowest BCUT2D eigenvalue weighted by Crippen LogP contribution is -2.47. The van der Waals surface area contributed by atoms with Gasteiger partial charge >= 0.3 is 6.03 Å². The van der Waals surface area contributed by atoms with Gasteiger partial charge in [0.15, 0.2) is 0 Å². The van der Waals surface area contributed by atoms with Gasteiger partial charge in [-0.05, 0) is 68.9 Å². The van der Waals surface area contributed by atoms with Crippen LogP contribution in [0.1, 0.15) is 48.9 Å². The standard InChI is InChI=1S/C22H27N3O4/c26-21(16-11-14-28-15-16)25-12-9-18(10-13-25)24-22(27)23-17-5-7-20(8-6-17)29-19-3-1-2-4-19/h5-8,11,14-15,18-19H,1-4,9-10,12-13H2,(H2,23,24,27). The Kier molecular flexibility index (Phi) is 6.03. The number of benzene rings is 1. The molecule has 1 aromatic carbocycles. The minimum atomic E-state index is -0.228. The first kappa shape index (κ1) is 19.4. The van der Waals surface area contributed by atoms with Gasteiger partial charge in [-0.2, -0.15) is 0 Å². The van der Waals surface area contributed by atoms with Crippen molar-refractivity contribution < 1.29 is 18.7 Å². The Morgan fingerprint density at radius 3 is 2.38 bits per heavy atom. The number of nitrogens with one attached hydrogen (secondary N) is 2. The Morgan fingerprint density at radius 1 is 1.00 bits per heavy atom. The lowest BCUT2D eigenvalue weighted by atomic mass is 10.0. The van der Waals surface area contributed by atoms with Gasteiger partial charge in [0.05, 0.1) is 17.9 Å². The van der Waals surface area contributed by atoms with Gasteiger partial charge in [-0.1, -0.05) is 0 Å². The molecule has 2 aliphatic rings. The van der Waals surface area contributed by atoms with Gasteiger partial charge in [-0.3, -0.25) is 4.79 Å². The number of urea groups is 1. The fourth-order valence-electron chi connectivity index (χ4n) is 3.96. The van der Waals surface area contributed by atoms with Crippen molar-refractivity contribution in [3.8, 4) is 5.75 Å². The molecule has 0 radical (unpaired) electrons. The van der Waals surface area contributed by atoms with Gasteiger partial charge in [-0.15, -0.1) is 0 Å². The molecular formula is C22H27N3O4. The molecule has 1 aliphatic carbocycles. The molecule has 2 aromatic rings. The van der Waals surface area contributed by atoms with Crippen LogP contribution < -0.4 is 15.4 Å². The highest BCUT2D eigenvalue weighted by Crippen LogP contribution is 2.25. The summed E-state index contributed by atoms with van der Waals surface area (Å²) in [5.41, 5.74) is 1.29. The van der Waals surface area contributed by atoms with Crippen LogP contribution in [0.2, 0.25) is 0 Å². The van der Waals surface area contributed by atoms with E-state index in [9.17, 15) is 9.59 Å². The van der Waals surface area contributed by atoms with Crippen LogP contribution in [0.25, 0.3) is 0 Å². The number of carbonyl (C=O) groups excluding carboxylic acids is 2. The summed E-state index contributed by atoms with van der Waals surface area (Å²) in [6, 6.07) is 9.00. The summed E-state index contributed by atoms with van der Waals surface area (Å²) >= 11 is 0. The molecule has 7 nitrogen and oxygen atoms in total. The lowest BCUT2D eigenvalue weighted by Gasteiger charge is -2.32. The molecule has 1 aromatic heterocycles. The molecule has 1 aliphatic heterocycles. The zero-order valence-corrected chi connectivity index (χ0v) is 16.4. The lowest BCUT2D eigenvalue weighted by molar-refractivity contribution is 0.0708. The monoisotopic (exact) mass is 397 g/mol. The number of carbonyl (C=O) groups is 2. The number of piperidine rings is 1. The van der Waals surface area contributed by atoms with Crippen LogP contribution in [0.15, 0.2) is 47.3 Å². The van der Waals surface area contributed by atoms with Gasteiger partial charge in [-0.25, -0.2) is 4.79 Å². The Balaban J connectivity index is 1.20. The van der Waals surface area contributed by atoms with Crippen LogP contribution in [-0.2, 0) is 0 Å². The molecule has 29 heavy (non-hydrogen) atoms. The van der Waals surface area contributed by atoms with Crippen molar-refractivity contribution in [2.24, 2.45) is 0 Å². The minimum absolute atomic E-state index is 0.0263. The molecular weight excluding hydrogens is 370 g/mol. The van der Waals surface area contributed by atoms with E-state index in [4.69, 9.17) is 9.15 Å². The number of likely N-dealkylation sites (tertiary alicyclic amines) is 1. The highest BCUT2D eigenvalue weighted by atomic mass is 16.5. The van der Waals surface area contributed by atoms with Crippen LogP contribution in [0.5, 0.6) is 5.75 Å². The third kappa shape index (κ3) is 5.10. The molecule has 1 saturated heterocycles. The van der Waals surface area contributed by atoms with Crippen molar-refractivity contribution >= 4 is 17.6 Å². The van der Waals surface area contributed by atoms with Crippen LogP contribution in [0, 0.1) is 0 Å². The summed E-state index contributed by atoms with van der Waals surface area (Å²) < 4.78 is 10.9. The van der Waals surface area contributed by atoms with E-state index in [-0.39, 0.29) is 18.0 Å². The highest BCUT2D eigenvalue weighted by Gasteiger charge is 2.25. The smallest absolute Gasteiger partial charge is 0.319 e. The molecule has 2 heterocycles. The summed E-state index contributed by atoms with van der Waals surface area (Å²) in [6.45, 7) is 1.23. The fourth-order valence-corrected chi connectivity index (χ4v) is 3.96. The minimum Gasteiger partial charge on any atom is -0.490 e. The maximum atomic E-state index is 12.3. The zero-order valence-electron chi connectivity index (χ0n) is 16.4. The Morgan fingerprint density at radius 2 is 1.72 bits per heavy atom. The molecule has 2 fully saturated rings. The molecule has 2 N–H and O–H groups in total. The van der Waals surface area contributed by atoms with E-state index >= 15 is 0 Å². The Hall–Kier alpha value is -2.96. The molecule has 0 spiro atoms. The van der Waals surface area contributed by atoms with E-state index in [1.54, 1.807) is 11.0 Å². The van der Waals surface area contributed by atoms with Crippen LogP contribution in [0.4, 0.5) is 10.5 Å². The van der Waals surface area contributed by atoms with Gasteiger partial charge in [0.25, 0.3) is 5.91 Å². The van der Waals surface area contributed by atoms with Crippen molar-refractivity contribution in [2.75, 3.05) is 18.4 Å². The molecule has 1 saturated carbocycles. The number of ether oxygens (including phenoxy) is 1. The molecule has 4 rings (SSSR count).